The molecule has 5 nitrogen and oxygen atoms in total. The van der Waals surface area contributed by atoms with Gasteiger partial charge < -0.3 is 10.5 Å². The lowest BCUT2D eigenvalue weighted by molar-refractivity contribution is -0.123. The van der Waals surface area contributed by atoms with Crippen molar-refractivity contribution in [3.63, 3.8) is 0 Å². The van der Waals surface area contributed by atoms with Crippen molar-refractivity contribution in [3.8, 4) is 5.75 Å². The van der Waals surface area contributed by atoms with E-state index in [-0.39, 0.29) is 12.5 Å². The van der Waals surface area contributed by atoms with Gasteiger partial charge in [-0.3, -0.25) is 4.79 Å². The number of rotatable bonds is 5. The molecule has 2 aromatic rings. The van der Waals surface area contributed by atoms with E-state index in [2.05, 4.69) is 10.5 Å². The summed E-state index contributed by atoms with van der Waals surface area (Å²) in [4.78, 5) is 11.8. The Morgan fingerprint density at radius 2 is 2.00 bits per heavy atom. The number of hydrazone groups is 1. The second kappa shape index (κ2) is 7.45. The van der Waals surface area contributed by atoms with Gasteiger partial charge in [0.1, 0.15) is 5.75 Å². The van der Waals surface area contributed by atoms with Crippen molar-refractivity contribution >= 4 is 17.3 Å². The van der Waals surface area contributed by atoms with Crippen molar-refractivity contribution in [2.45, 2.75) is 20.8 Å². The molecule has 0 saturated heterocycles. The van der Waals surface area contributed by atoms with Gasteiger partial charge >= 0.3 is 0 Å². The lowest BCUT2D eigenvalue weighted by atomic mass is 10.1. The zero-order valence-corrected chi connectivity index (χ0v) is 13.6. The number of amides is 1. The van der Waals surface area contributed by atoms with Crippen LogP contribution >= 0.6 is 0 Å². The highest BCUT2D eigenvalue weighted by Crippen LogP contribution is 2.18. The number of benzene rings is 2. The van der Waals surface area contributed by atoms with Crippen LogP contribution in [0.25, 0.3) is 0 Å². The van der Waals surface area contributed by atoms with Crippen LogP contribution < -0.4 is 15.9 Å². The van der Waals surface area contributed by atoms with E-state index in [1.165, 1.54) is 0 Å². The quantitative estimate of drug-likeness (QED) is 0.506. The van der Waals surface area contributed by atoms with E-state index in [0.29, 0.717) is 17.1 Å². The molecular formula is C18H21N3O2. The number of ether oxygens (including phenoxy) is 1. The molecule has 0 fully saturated rings. The number of hydrogen-bond acceptors (Lipinski definition) is 4. The first-order valence-electron chi connectivity index (χ1n) is 7.35. The third-order valence-corrected chi connectivity index (χ3v) is 3.34. The second-order valence-electron chi connectivity index (χ2n) is 5.42. The minimum atomic E-state index is -0.312. The molecular weight excluding hydrogens is 290 g/mol. The molecule has 2 aromatic carbocycles. The third kappa shape index (κ3) is 4.85. The first kappa shape index (κ1) is 16.5. The van der Waals surface area contributed by atoms with Gasteiger partial charge in [-0.2, -0.15) is 5.10 Å². The maximum atomic E-state index is 11.8. The van der Waals surface area contributed by atoms with Crippen LogP contribution in [0.1, 0.15) is 23.6 Å². The van der Waals surface area contributed by atoms with Crippen molar-refractivity contribution in [1.82, 2.24) is 5.43 Å². The molecule has 0 atom stereocenters. The monoisotopic (exact) mass is 311 g/mol. The van der Waals surface area contributed by atoms with Crippen molar-refractivity contribution in [2.75, 3.05) is 12.3 Å². The normalized spacial score (nSPS) is 11.2. The van der Waals surface area contributed by atoms with E-state index in [4.69, 9.17) is 10.5 Å². The van der Waals surface area contributed by atoms with Gasteiger partial charge in [0.25, 0.3) is 5.91 Å². The molecule has 0 aliphatic heterocycles. The Kier molecular flexibility index (Phi) is 5.36. The lowest BCUT2D eigenvalue weighted by Gasteiger charge is -2.09. The number of aryl methyl sites for hydroxylation is 2. The van der Waals surface area contributed by atoms with Gasteiger partial charge in [-0.25, -0.2) is 5.43 Å². The summed E-state index contributed by atoms with van der Waals surface area (Å²) in [5, 5.41) is 4.07. The Bertz CT molecular complexity index is 739. The third-order valence-electron chi connectivity index (χ3n) is 3.34. The van der Waals surface area contributed by atoms with Crippen LogP contribution in [0.15, 0.2) is 47.6 Å². The summed E-state index contributed by atoms with van der Waals surface area (Å²) in [5.74, 6) is 0.385. The summed E-state index contributed by atoms with van der Waals surface area (Å²) >= 11 is 0. The van der Waals surface area contributed by atoms with Crippen LogP contribution in [0.2, 0.25) is 0 Å². The van der Waals surface area contributed by atoms with Crippen LogP contribution in [-0.2, 0) is 4.79 Å². The van der Waals surface area contributed by atoms with Gasteiger partial charge in [0.2, 0.25) is 0 Å². The number of nitrogen functional groups attached to an aromatic ring is 1. The van der Waals surface area contributed by atoms with Gasteiger partial charge in [-0.1, -0.05) is 29.8 Å². The largest absolute Gasteiger partial charge is 0.483 e. The van der Waals surface area contributed by atoms with Gasteiger partial charge in [-0.05, 0) is 50.1 Å². The average molecular weight is 311 g/mol. The maximum absolute atomic E-state index is 11.8. The van der Waals surface area contributed by atoms with Crippen LogP contribution in [0.5, 0.6) is 5.75 Å². The Labute approximate surface area is 136 Å². The highest BCUT2D eigenvalue weighted by Gasteiger charge is 2.05. The average Bonchev–Trinajstić information content (AvgIpc) is 2.51. The smallest absolute Gasteiger partial charge is 0.277 e. The summed E-state index contributed by atoms with van der Waals surface area (Å²) in [7, 11) is 0. The molecule has 0 radical (unpaired) electrons. The van der Waals surface area contributed by atoms with E-state index < -0.39 is 0 Å². The van der Waals surface area contributed by atoms with Crippen LogP contribution in [-0.4, -0.2) is 18.2 Å². The molecule has 0 bridgehead atoms. The fraction of sp³-hybridized carbons (Fsp3) is 0.222. The lowest BCUT2D eigenvalue weighted by Crippen LogP contribution is -2.25. The van der Waals surface area contributed by atoms with E-state index in [1.807, 2.05) is 44.2 Å². The minimum absolute atomic E-state index is 0.0857. The molecule has 1 amide bonds. The topological polar surface area (TPSA) is 76.7 Å². The number of nitrogens with one attached hydrogen (secondary N) is 1. The van der Waals surface area contributed by atoms with Gasteiger partial charge in [0, 0.05) is 5.69 Å². The Morgan fingerprint density at radius 3 is 2.70 bits per heavy atom. The Balaban J connectivity index is 1.90. The predicted molar refractivity (Wildman–Crippen MR) is 92.6 cm³/mol. The fourth-order valence-electron chi connectivity index (χ4n) is 2.11. The summed E-state index contributed by atoms with van der Waals surface area (Å²) in [6.07, 6.45) is 0. The van der Waals surface area contributed by atoms with Crippen molar-refractivity contribution in [2.24, 2.45) is 5.10 Å². The highest BCUT2D eigenvalue weighted by atomic mass is 16.5. The molecule has 0 spiro atoms. The second-order valence-corrected chi connectivity index (χ2v) is 5.42. The highest BCUT2D eigenvalue weighted by molar-refractivity contribution is 5.99. The molecule has 0 heterocycles. The summed E-state index contributed by atoms with van der Waals surface area (Å²) in [6, 6.07) is 13.1. The molecule has 2 rings (SSSR count). The summed E-state index contributed by atoms with van der Waals surface area (Å²) in [5.41, 5.74) is 12.6. The van der Waals surface area contributed by atoms with Crippen molar-refractivity contribution in [3.05, 3.63) is 59.2 Å². The van der Waals surface area contributed by atoms with Gasteiger partial charge in [0.05, 0.1) is 5.71 Å². The number of carbonyl (C=O) groups excluding carboxylic acids is 1. The van der Waals surface area contributed by atoms with E-state index >= 15 is 0 Å². The van der Waals surface area contributed by atoms with Crippen LogP contribution in [0.3, 0.4) is 0 Å². The minimum Gasteiger partial charge on any atom is -0.483 e. The molecule has 23 heavy (non-hydrogen) atoms. The SMILES string of the molecule is C/C(=N\NC(=O)COc1ccc(C)cc1C)c1cccc(N)c1. The summed E-state index contributed by atoms with van der Waals surface area (Å²) < 4.78 is 5.51. The zero-order chi connectivity index (χ0) is 16.8. The molecule has 3 N–H and O–H groups in total. The first-order valence-corrected chi connectivity index (χ1v) is 7.35. The van der Waals surface area contributed by atoms with Gasteiger partial charge in [0.15, 0.2) is 6.61 Å². The standard InChI is InChI=1S/C18H21N3O2/c1-12-7-8-17(13(2)9-12)23-11-18(22)21-20-14(3)15-5-4-6-16(19)10-15/h4-10H,11,19H2,1-3H3,(H,21,22)/b20-14+. The Hall–Kier alpha value is -2.82. The van der Waals surface area contributed by atoms with E-state index in [0.717, 1.165) is 16.7 Å². The number of nitrogens with zero attached hydrogens (tertiary/aromatic N) is 1. The summed E-state index contributed by atoms with van der Waals surface area (Å²) in [6.45, 7) is 5.68. The van der Waals surface area contributed by atoms with Crippen LogP contribution in [0.4, 0.5) is 5.69 Å². The molecule has 5 heteroatoms. The molecule has 0 saturated carbocycles. The fourth-order valence-corrected chi connectivity index (χ4v) is 2.11. The molecule has 0 unspecified atom stereocenters. The molecule has 0 aliphatic carbocycles. The maximum Gasteiger partial charge on any atom is 0.277 e. The number of hydrogen-bond donors (Lipinski definition) is 2. The van der Waals surface area contributed by atoms with E-state index in [1.54, 1.807) is 19.1 Å². The van der Waals surface area contributed by atoms with Crippen LogP contribution in [0, 0.1) is 13.8 Å². The number of carbonyl (C=O) groups is 1. The molecule has 120 valence electrons. The number of anilines is 1. The number of nitrogens with two attached hydrogens (primary N) is 1. The zero-order valence-electron chi connectivity index (χ0n) is 13.6. The predicted octanol–water partition coefficient (Wildman–Crippen LogP) is 2.80. The van der Waals surface area contributed by atoms with Crippen molar-refractivity contribution < 1.29 is 9.53 Å². The Morgan fingerprint density at radius 1 is 1.22 bits per heavy atom. The van der Waals surface area contributed by atoms with Gasteiger partial charge in [-0.15, -0.1) is 0 Å². The van der Waals surface area contributed by atoms with E-state index in [9.17, 15) is 4.79 Å². The molecule has 0 aliphatic rings. The molecule has 0 aromatic heterocycles. The first-order chi connectivity index (χ1) is 11.0. The van der Waals surface area contributed by atoms with Crippen molar-refractivity contribution in [1.29, 1.82) is 0 Å².